The Hall–Kier alpha value is -1.69. The van der Waals surface area contributed by atoms with E-state index in [0.717, 1.165) is 25.0 Å². The zero-order chi connectivity index (χ0) is 14.8. The molecule has 0 heterocycles. The van der Waals surface area contributed by atoms with Crippen LogP contribution in [0.25, 0.3) is 0 Å². The summed E-state index contributed by atoms with van der Waals surface area (Å²) in [5.41, 5.74) is -1.29. The van der Waals surface area contributed by atoms with Crippen LogP contribution in [-0.4, -0.2) is 29.8 Å². The van der Waals surface area contributed by atoms with Gasteiger partial charge in [0.25, 0.3) is 0 Å². The van der Waals surface area contributed by atoms with Gasteiger partial charge in [-0.25, -0.2) is 8.78 Å². The molecule has 4 nitrogen and oxygen atoms in total. The Kier molecular flexibility index (Phi) is 4.23. The van der Waals surface area contributed by atoms with Crippen LogP contribution in [0.15, 0.2) is 18.2 Å². The first kappa shape index (κ1) is 14.7. The van der Waals surface area contributed by atoms with Crippen LogP contribution in [0.5, 0.6) is 5.75 Å². The van der Waals surface area contributed by atoms with Crippen molar-refractivity contribution in [1.29, 1.82) is 0 Å². The van der Waals surface area contributed by atoms with Crippen LogP contribution in [0.1, 0.15) is 19.8 Å². The number of para-hydroxylation sites is 1. The normalized spacial score (nSPS) is 17.6. The quantitative estimate of drug-likeness (QED) is 0.806. The van der Waals surface area contributed by atoms with Crippen molar-refractivity contribution >= 4 is 5.97 Å². The Bertz CT molecular complexity index is 485. The SMILES string of the molecule is CCNC(COc1c(F)cccc1F)(C(=O)O)C1CC1. The van der Waals surface area contributed by atoms with Gasteiger partial charge in [0.15, 0.2) is 22.9 Å². The molecule has 1 unspecified atom stereocenters. The lowest BCUT2D eigenvalue weighted by Gasteiger charge is -2.30. The molecule has 1 saturated carbocycles. The fraction of sp³-hybridized carbons (Fsp3) is 0.500. The number of halogens is 2. The number of likely N-dealkylation sites (N-methyl/N-ethyl adjacent to an activating group) is 1. The van der Waals surface area contributed by atoms with E-state index in [1.54, 1.807) is 6.92 Å². The largest absolute Gasteiger partial charge is 0.485 e. The maximum Gasteiger partial charge on any atom is 0.327 e. The highest BCUT2D eigenvalue weighted by atomic mass is 19.1. The topological polar surface area (TPSA) is 58.6 Å². The highest BCUT2D eigenvalue weighted by Crippen LogP contribution is 2.40. The second-order valence-electron chi connectivity index (χ2n) is 4.92. The first-order valence-corrected chi connectivity index (χ1v) is 6.56. The molecule has 0 bridgehead atoms. The van der Waals surface area contributed by atoms with Crippen molar-refractivity contribution in [3.63, 3.8) is 0 Å². The molecule has 6 heteroatoms. The van der Waals surface area contributed by atoms with Crippen LogP contribution in [0.3, 0.4) is 0 Å². The van der Waals surface area contributed by atoms with Crippen molar-refractivity contribution in [3.05, 3.63) is 29.8 Å². The molecule has 1 aliphatic carbocycles. The lowest BCUT2D eigenvalue weighted by Crippen LogP contribution is -2.58. The van der Waals surface area contributed by atoms with Gasteiger partial charge in [0.05, 0.1) is 0 Å². The molecule has 1 aromatic rings. The molecule has 110 valence electrons. The number of ether oxygens (including phenoxy) is 1. The van der Waals surface area contributed by atoms with Gasteiger partial charge < -0.3 is 9.84 Å². The summed E-state index contributed by atoms with van der Waals surface area (Å²) < 4.78 is 32.1. The molecule has 0 spiro atoms. The number of benzene rings is 1. The van der Waals surface area contributed by atoms with E-state index in [1.165, 1.54) is 6.07 Å². The Morgan fingerprint density at radius 1 is 1.45 bits per heavy atom. The lowest BCUT2D eigenvalue weighted by molar-refractivity contribution is -0.147. The number of carbonyl (C=O) groups is 1. The van der Waals surface area contributed by atoms with Gasteiger partial charge in [-0.2, -0.15) is 0 Å². The molecule has 1 aliphatic rings. The third-order valence-corrected chi connectivity index (χ3v) is 3.51. The van der Waals surface area contributed by atoms with E-state index in [2.05, 4.69) is 5.32 Å². The molecule has 0 saturated heterocycles. The van der Waals surface area contributed by atoms with Crippen molar-refractivity contribution in [1.82, 2.24) is 5.32 Å². The van der Waals surface area contributed by atoms with E-state index < -0.39 is 28.9 Å². The number of hydrogen-bond acceptors (Lipinski definition) is 3. The highest BCUT2D eigenvalue weighted by Gasteiger charge is 2.51. The number of carboxylic acid groups (broad SMARTS) is 1. The third kappa shape index (κ3) is 2.75. The summed E-state index contributed by atoms with van der Waals surface area (Å²) in [7, 11) is 0. The van der Waals surface area contributed by atoms with E-state index in [0.29, 0.717) is 6.54 Å². The molecular formula is C14H17F2NO3. The van der Waals surface area contributed by atoms with Gasteiger partial charge in [-0.15, -0.1) is 0 Å². The second kappa shape index (κ2) is 5.75. The van der Waals surface area contributed by atoms with Crippen LogP contribution in [0, 0.1) is 17.6 Å². The van der Waals surface area contributed by atoms with Crippen LogP contribution < -0.4 is 10.1 Å². The van der Waals surface area contributed by atoms with E-state index in [-0.39, 0.29) is 12.5 Å². The zero-order valence-corrected chi connectivity index (χ0v) is 11.2. The molecule has 1 fully saturated rings. The predicted octanol–water partition coefficient (Wildman–Crippen LogP) is 2.19. The fourth-order valence-corrected chi connectivity index (χ4v) is 2.32. The van der Waals surface area contributed by atoms with Crippen molar-refractivity contribution in [2.45, 2.75) is 25.3 Å². The Labute approximate surface area is 115 Å². The van der Waals surface area contributed by atoms with E-state index in [4.69, 9.17) is 4.74 Å². The van der Waals surface area contributed by atoms with Crippen molar-refractivity contribution < 1.29 is 23.4 Å². The smallest absolute Gasteiger partial charge is 0.327 e. The number of nitrogens with one attached hydrogen (secondary N) is 1. The highest BCUT2D eigenvalue weighted by molar-refractivity contribution is 5.80. The van der Waals surface area contributed by atoms with Gasteiger partial charge in [-0.3, -0.25) is 10.1 Å². The Morgan fingerprint density at radius 2 is 2.05 bits per heavy atom. The number of aliphatic carboxylic acids is 1. The minimum Gasteiger partial charge on any atom is -0.485 e. The fourth-order valence-electron chi connectivity index (χ4n) is 2.32. The van der Waals surface area contributed by atoms with Crippen molar-refractivity contribution in [2.24, 2.45) is 5.92 Å². The van der Waals surface area contributed by atoms with Gasteiger partial charge >= 0.3 is 5.97 Å². The van der Waals surface area contributed by atoms with Crippen LogP contribution in [0.4, 0.5) is 8.78 Å². The summed E-state index contributed by atoms with van der Waals surface area (Å²) in [4.78, 5) is 11.6. The summed E-state index contributed by atoms with van der Waals surface area (Å²) in [6, 6.07) is 3.38. The Morgan fingerprint density at radius 3 is 2.50 bits per heavy atom. The molecule has 0 aromatic heterocycles. The van der Waals surface area contributed by atoms with Crippen LogP contribution in [0.2, 0.25) is 0 Å². The first-order valence-electron chi connectivity index (χ1n) is 6.56. The van der Waals surface area contributed by atoms with E-state index in [1.807, 2.05) is 0 Å². The summed E-state index contributed by atoms with van der Waals surface area (Å²) >= 11 is 0. The molecule has 1 atom stereocenters. The Balaban J connectivity index is 2.18. The second-order valence-corrected chi connectivity index (χ2v) is 4.92. The molecule has 1 aromatic carbocycles. The van der Waals surface area contributed by atoms with Gasteiger partial charge in [0, 0.05) is 0 Å². The summed E-state index contributed by atoms with van der Waals surface area (Å²) in [6.07, 6.45) is 1.53. The average Bonchev–Trinajstić information content (AvgIpc) is 3.21. The summed E-state index contributed by atoms with van der Waals surface area (Å²) in [6.45, 7) is 1.91. The lowest BCUT2D eigenvalue weighted by atomic mass is 9.94. The summed E-state index contributed by atoms with van der Waals surface area (Å²) in [5, 5.41) is 12.3. The van der Waals surface area contributed by atoms with Crippen molar-refractivity contribution in [3.8, 4) is 5.75 Å². The molecule has 2 rings (SSSR count). The standard InChI is InChI=1S/C14H17F2NO3/c1-2-17-14(13(18)19,9-6-7-9)8-20-12-10(15)4-3-5-11(12)16/h3-5,9,17H,2,6-8H2,1H3,(H,18,19). The molecule has 0 aliphatic heterocycles. The van der Waals surface area contributed by atoms with E-state index >= 15 is 0 Å². The van der Waals surface area contributed by atoms with Gasteiger partial charge in [0.1, 0.15) is 6.61 Å². The van der Waals surface area contributed by atoms with Crippen LogP contribution in [-0.2, 0) is 4.79 Å². The molecular weight excluding hydrogens is 268 g/mol. The van der Waals surface area contributed by atoms with Crippen molar-refractivity contribution in [2.75, 3.05) is 13.2 Å². The number of carboxylic acids is 1. The van der Waals surface area contributed by atoms with Gasteiger partial charge in [-0.1, -0.05) is 13.0 Å². The number of hydrogen-bond donors (Lipinski definition) is 2. The molecule has 0 amide bonds. The van der Waals surface area contributed by atoms with Crippen LogP contribution >= 0.6 is 0 Å². The minimum atomic E-state index is -1.29. The molecule has 0 radical (unpaired) electrons. The minimum absolute atomic E-state index is 0.0743. The van der Waals surface area contributed by atoms with E-state index in [9.17, 15) is 18.7 Å². The monoisotopic (exact) mass is 285 g/mol. The third-order valence-electron chi connectivity index (χ3n) is 3.51. The maximum atomic E-state index is 13.5. The molecule has 20 heavy (non-hydrogen) atoms. The van der Waals surface area contributed by atoms with Gasteiger partial charge in [0.2, 0.25) is 0 Å². The van der Waals surface area contributed by atoms with Gasteiger partial charge in [-0.05, 0) is 37.4 Å². The average molecular weight is 285 g/mol. The zero-order valence-electron chi connectivity index (χ0n) is 11.2. The maximum absolute atomic E-state index is 13.5. The summed E-state index contributed by atoms with van der Waals surface area (Å²) in [5.74, 6) is -3.33. The first-order chi connectivity index (χ1) is 9.51. The number of rotatable bonds is 7. The molecule has 2 N–H and O–H groups in total. The predicted molar refractivity (Wildman–Crippen MR) is 68.6 cm³/mol.